The smallest absolute Gasteiger partial charge is 0.178 e. The molecule has 0 aliphatic rings. The molecule has 1 rings (SSSR count). The van der Waals surface area contributed by atoms with Crippen molar-refractivity contribution in [1.82, 2.24) is 0 Å². The standard InChI is InChI=1S/C12H19NO2S/c1-2-3-4-5-10-16(14,15)12-8-6-11(13)7-9-12/h6-9H,2-5,10,13H2,1H3. The zero-order chi connectivity index (χ0) is 12.0. The Morgan fingerprint density at radius 1 is 1.06 bits per heavy atom. The summed E-state index contributed by atoms with van der Waals surface area (Å²) >= 11 is 0. The molecule has 1 aromatic carbocycles. The average molecular weight is 241 g/mol. The first kappa shape index (κ1) is 13.0. The van der Waals surface area contributed by atoms with Crippen LogP contribution in [-0.4, -0.2) is 14.2 Å². The zero-order valence-electron chi connectivity index (χ0n) is 9.65. The summed E-state index contributed by atoms with van der Waals surface area (Å²) in [5.41, 5.74) is 6.10. The molecule has 2 N–H and O–H groups in total. The van der Waals surface area contributed by atoms with E-state index in [1.165, 1.54) is 0 Å². The van der Waals surface area contributed by atoms with E-state index in [-0.39, 0.29) is 5.75 Å². The molecular weight excluding hydrogens is 222 g/mol. The monoisotopic (exact) mass is 241 g/mol. The number of hydrogen-bond donors (Lipinski definition) is 1. The highest BCUT2D eigenvalue weighted by Gasteiger charge is 2.13. The van der Waals surface area contributed by atoms with Gasteiger partial charge in [-0.15, -0.1) is 0 Å². The first-order valence-corrected chi connectivity index (χ1v) is 7.30. The predicted octanol–water partition coefficient (Wildman–Crippen LogP) is 2.62. The van der Waals surface area contributed by atoms with Crippen LogP contribution in [0.25, 0.3) is 0 Å². The van der Waals surface area contributed by atoms with Gasteiger partial charge in [-0.25, -0.2) is 8.42 Å². The molecule has 0 aliphatic heterocycles. The van der Waals surface area contributed by atoms with Gasteiger partial charge in [0.15, 0.2) is 9.84 Å². The van der Waals surface area contributed by atoms with E-state index in [1.807, 2.05) is 0 Å². The van der Waals surface area contributed by atoms with Crippen LogP contribution in [0.1, 0.15) is 32.6 Å². The minimum Gasteiger partial charge on any atom is -0.399 e. The van der Waals surface area contributed by atoms with Gasteiger partial charge in [0.25, 0.3) is 0 Å². The summed E-state index contributed by atoms with van der Waals surface area (Å²) in [4.78, 5) is 0.373. The zero-order valence-corrected chi connectivity index (χ0v) is 10.5. The van der Waals surface area contributed by atoms with Crippen LogP contribution in [0.15, 0.2) is 29.2 Å². The third-order valence-corrected chi connectivity index (χ3v) is 4.32. The second-order valence-corrected chi connectivity index (χ2v) is 6.06. The van der Waals surface area contributed by atoms with Crippen molar-refractivity contribution < 1.29 is 8.42 Å². The molecule has 0 amide bonds. The maximum atomic E-state index is 11.9. The number of unbranched alkanes of at least 4 members (excludes halogenated alkanes) is 3. The molecule has 4 heteroatoms. The average Bonchev–Trinajstić information content (AvgIpc) is 2.25. The van der Waals surface area contributed by atoms with Crippen molar-refractivity contribution in [1.29, 1.82) is 0 Å². The summed E-state index contributed by atoms with van der Waals surface area (Å²) in [6.07, 6.45) is 3.92. The molecule has 0 unspecified atom stereocenters. The van der Waals surface area contributed by atoms with E-state index in [0.29, 0.717) is 10.6 Å². The van der Waals surface area contributed by atoms with Crippen LogP contribution in [0.4, 0.5) is 5.69 Å². The molecule has 0 heterocycles. The highest BCUT2D eigenvalue weighted by Crippen LogP contribution is 2.15. The molecule has 0 bridgehead atoms. The van der Waals surface area contributed by atoms with Crippen molar-refractivity contribution in [2.75, 3.05) is 11.5 Å². The van der Waals surface area contributed by atoms with Gasteiger partial charge in [0, 0.05) is 5.69 Å². The Bertz CT molecular complexity index is 409. The largest absolute Gasteiger partial charge is 0.399 e. The molecule has 90 valence electrons. The number of nitrogen functional groups attached to an aromatic ring is 1. The van der Waals surface area contributed by atoms with Gasteiger partial charge in [-0.05, 0) is 30.7 Å². The molecule has 0 atom stereocenters. The molecule has 0 aliphatic carbocycles. The number of sulfone groups is 1. The summed E-state index contributed by atoms with van der Waals surface area (Å²) in [7, 11) is -3.11. The Kier molecular flexibility index (Phi) is 4.80. The molecule has 16 heavy (non-hydrogen) atoms. The van der Waals surface area contributed by atoms with Gasteiger partial charge >= 0.3 is 0 Å². The summed E-state index contributed by atoms with van der Waals surface area (Å²) in [6.45, 7) is 2.11. The van der Waals surface area contributed by atoms with Gasteiger partial charge in [0.1, 0.15) is 0 Å². The van der Waals surface area contributed by atoms with Crippen molar-refractivity contribution in [3.05, 3.63) is 24.3 Å². The number of hydrogen-bond acceptors (Lipinski definition) is 3. The van der Waals surface area contributed by atoms with E-state index in [2.05, 4.69) is 6.92 Å². The number of nitrogens with two attached hydrogens (primary N) is 1. The lowest BCUT2D eigenvalue weighted by molar-refractivity contribution is 0.589. The molecule has 1 aromatic rings. The van der Waals surface area contributed by atoms with Crippen LogP contribution < -0.4 is 5.73 Å². The van der Waals surface area contributed by atoms with E-state index >= 15 is 0 Å². The van der Waals surface area contributed by atoms with Crippen LogP contribution in [0.5, 0.6) is 0 Å². The Morgan fingerprint density at radius 3 is 2.25 bits per heavy atom. The molecular formula is C12H19NO2S. The van der Waals surface area contributed by atoms with E-state index < -0.39 is 9.84 Å². The first-order chi connectivity index (χ1) is 7.56. The van der Waals surface area contributed by atoms with Crippen LogP contribution in [-0.2, 0) is 9.84 Å². The van der Waals surface area contributed by atoms with Gasteiger partial charge in [0.05, 0.1) is 10.6 Å². The minimum atomic E-state index is -3.11. The fourth-order valence-electron chi connectivity index (χ4n) is 1.51. The van der Waals surface area contributed by atoms with Crippen molar-refractivity contribution in [2.24, 2.45) is 0 Å². The van der Waals surface area contributed by atoms with Crippen molar-refractivity contribution in [3.8, 4) is 0 Å². The van der Waals surface area contributed by atoms with Gasteiger partial charge in [-0.3, -0.25) is 0 Å². The lowest BCUT2D eigenvalue weighted by Gasteiger charge is -2.04. The Morgan fingerprint density at radius 2 is 1.69 bits per heavy atom. The van der Waals surface area contributed by atoms with Crippen molar-refractivity contribution in [3.63, 3.8) is 0 Å². The highest BCUT2D eigenvalue weighted by atomic mass is 32.2. The number of rotatable bonds is 6. The summed E-state index contributed by atoms with van der Waals surface area (Å²) in [5.74, 6) is 0.233. The fourth-order valence-corrected chi connectivity index (χ4v) is 2.88. The minimum absolute atomic E-state index is 0.233. The van der Waals surface area contributed by atoms with Crippen LogP contribution in [0, 0.1) is 0 Å². The van der Waals surface area contributed by atoms with Gasteiger partial charge in [-0.1, -0.05) is 26.2 Å². The third kappa shape index (κ3) is 3.85. The molecule has 0 saturated heterocycles. The number of benzene rings is 1. The van der Waals surface area contributed by atoms with Crippen molar-refractivity contribution in [2.45, 2.75) is 37.5 Å². The quantitative estimate of drug-likeness (QED) is 0.615. The third-order valence-electron chi connectivity index (χ3n) is 2.51. The predicted molar refractivity (Wildman–Crippen MR) is 67.0 cm³/mol. The van der Waals surface area contributed by atoms with Crippen LogP contribution >= 0.6 is 0 Å². The molecule has 0 spiro atoms. The Hall–Kier alpha value is -1.03. The van der Waals surface area contributed by atoms with E-state index in [9.17, 15) is 8.42 Å². The Balaban J connectivity index is 2.60. The molecule has 0 radical (unpaired) electrons. The van der Waals surface area contributed by atoms with E-state index in [4.69, 9.17) is 5.73 Å². The molecule has 0 fully saturated rings. The SMILES string of the molecule is CCCCCCS(=O)(=O)c1ccc(N)cc1. The maximum Gasteiger partial charge on any atom is 0.178 e. The van der Waals surface area contributed by atoms with Crippen LogP contribution in [0.2, 0.25) is 0 Å². The summed E-state index contributed by atoms with van der Waals surface area (Å²) in [5, 5.41) is 0. The van der Waals surface area contributed by atoms with Crippen LogP contribution in [0.3, 0.4) is 0 Å². The molecule has 0 aromatic heterocycles. The topological polar surface area (TPSA) is 60.2 Å². The maximum absolute atomic E-state index is 11.9. The second-order valence-electron chi connectivity index (χ2n) is 3.95. The van der Waals surface area contributed by atoms with Gasteiger partial charge in [-0.2, -0.15) is 0 Å². The van der Waals surface area contributed by atoms with E-state index in [0.717, 1.165) is 25.7 Å². The summed E-state index contributed by atoms with van der Waals surface area (Å²) in [6, 6.07) is 6.40. The lowest BCUT2D eigenvalue weighted by Crippen LogP contribution is -2.06. The Labute approximate surface area is 97.6 Å². The highest BCUT2D eigenvalue weighted by molar-refractivity contribution is 7.91. The number of anilines is 1. The lowest BCUT2D eigenvalue weighted by atomic mass is 10.2. The fraction of sp³-hybridized carbons (Fsp3) is 0.500. The first-order valence-electron chi connectivity index (χ1n) is 5.64. The summed E-state index contributed by atoms with van der Waals surface area (Å²) < 4.78 is 23.7. The van der Waals surface area contributed by atoms with Gasteiger partial charge < -0.3 is 5.73 Å². The van der Waals surface area contributed by atoms with E-state index in [1.54, 1.807) is 24.3 Å². The molecule has 0 saturated carbocycles. The molecule has 3 nitrogen and oxygen atoms in total. The second kappa shape index (κ2) is 5.89. The van der Waals surface area contributed by atoms with Crippen molar-refractivity contribution >= 4 is 15.5 Å². The van der Waals surface area contributed by atoms with Gasteiger partial charge in [0.2, 0.25) is 0 Å². The normalized spacial score (nSPS) is 11.6.